The first-order valence-corrected chi connectivity index (χ1v) is 9.94. The number of nitrogens with one attached hydrogen (secondary N) is 2. The summed E-state index contributed by atoms with van der Waals surface area (Å²) in [7, 11) is -3.33. The summed E-state index contributed by atoms with van der Waals surface area (Å²) < 4.78 is 25.8. The van der Waals surface area contributed by atoms with Crippen molar-refractivity contribution in [3.8, 4) is 0 Å². The minimum absolute atomic E-state index is 0.000113. The number of rotatable bonds is 7. The lowest BCUT2D eigenvalue weighted by molar-refractivity contribution is 0.102. The van der Waals surface area contributed by atoms with Crippen molar-refractivity contribution >= 4 is 38.6 Å². The summed E-state index contributed by atoms with van der Waals surface area (Å²) in [6, 6.07) is 4.98. The maximum absolute atomic E-state index is 12.2. The SMILES string of the molecule is CCS(=O)(=O)Nc1ccc(NC(=O)c2csc(CCN)n2)cc1C. The molecule has 0 bridgehead atoms. The van der Waals surface area contributed by atoms with Gasteiger partial charge in [0.1, 0.15) is 5.69 Å². The summed E-state index contributed by atoms with van der Waals surface area (Å²) in [6.45, 7) is 3.83. The number of hydrogen-bond acceptors (Lipinski definition) is 6. The van der Waals surface area contributed by atoms with E-state index in [2.05, 4.69) is 15.0 Å². The predicted octanol–water partition coefficient (Wildman–Crippen LogP) is 1.97. The number of carbonyl (C=O) groups is 1. The van der Waals surface area contributed by atoms with Gasteiger partial charge < -0.3 is 11.1 Å². The van der Waals surface area contributed by atoms with Crippen molar-refractivity contribution in [3.05, 3.63) is 39.8 Å². The lowest BCUT2D eigenvalue weighted by Gasteiger charge is -2.11. The van der Waals surface area contributed by atoms with Crippen LogP contribution >= 0.6 is 11.3 Å². The van der Waals surface area contributed by atoms with Crippen molar-refractivity contribution in [2.24, 2.45) is 5.73 Å². The number of aromatic nitrogens is 1. The third-order valence-corrected chi connectivity index (χ3v) is 5.47. The highest BCUT2D eigenvalue weighted by molar-refractivity contribution is 7.92. The zero-order valence-corrected chi connectivity index (χ0v) is 15.1. The maximum Gasteiger partial charge on any atom is 0.275 e. The number of benzene rings is 1. The zero-order chi connectivity index (χ0) is 17.7. The standard InChI is InChI=1S/C15H20N4O3S2/c1-3-24(21,22)19-12-5-4-11(8-10(12)2)17-15(20)13-9-23-14(18-13)6-7-16/h4-5,8-9,19H,3,6-7,16H2,1-2H3,(H,17,20). The van der Waals surface area contributed by atoms with E-state index in [0.29, 0.717) is 35.6 Å². The Balaban J connectivity index is 2.09. The third kappa shape index (κ3) is 4.76. The van der Waals surface area contributed by atoms with Gasteiger partial charge in [0.05, 0.1) is 16.4 Å². The van der Waals surface area contributed by atoms with Crippen molar-refractivity contribution in [1.29, 1.82) is 0 Å². The minimum Gasteiger partial charge on any atom is -0.330 e. The number of sulfonamides is 1. The number of amides is 1. The number of hydrogen-bond donors (Lipinski definition) is 3. The summed E-state index contributed by atoms with van der Waals surface area (Å²) >= 11 is 1.40. The largest absolute Gasteiger partial charge is 0.330 e. The van der Waals surface area contributed by atoms with E-state index < -0.39 is 10.0 Å². The molecule has 0 fully saturated rings. The number of nitrogens with zero attached hydrogens (tertiary/aromatic N) is 1. The molecule has 7 nitrogen and oxygen atoms in total. The topological polar surface area (TPSA) is 114 Å². The van der Waals surface area contributed by atoms with Gasteiger partial charge >= 0.3 is 0 Å². The second-order valence-corrected chi connectivity index (χ2v) is 8.11. The van der Waals surface area contributed by atoms with Crippen LogP contribution in [0.25, 0.3) is 0 Å². The number of anilines is 2. The Kier molecular flexibility index (Phi) is 5.92. The van der Waals surface area contributed by atoms with E-state index in [1.165, 1.54) is 11.3 Å². The molecule has 2 aromatic rings. The van der Waals surface area contributed by atoms with Crippen LogP contribution in [0, 0.1) is 6.92 Å². The van der Waals surface area contributed by atoms with Gasteiger partial charge in [0, 0.05) is 17.5 Å². The van der Waals surface area contributed by atoms with Crippen LogP contribution in [0.5, 0.6) is 0 Å². The highest BCUT2D eigenvalue weighted by Gasteiger charge is 2.13. The molecule has 4 N–H and O–H groups in total. The van der Waals surface area contributed by atoms with E-state index in [9.17, 15) is 13.2 Å². The molecule has 0 atom stereocenters. The van der Waals surface area contributed by atoms with Gasteiger partial charge in [-0.25, -0.2) is 13.4 Å². The number of nitrogens with two attached hydrogens (primary N) is 1. The monoisotopic (exact) mass is 368 g/mol. The lowest BCUT2D eigenvalue weighted by atomic mass is 10.2. The molecule has 0 unspecified atom stereocenters. The molecular weight excluding hydrogens is 348 g/mol. The normalized spacial score (nSPS) is 11.3. The van der Waals surface area contributed by atoms with Crippen molar-refractivity contribution < 1.29 is 13.2 Å². The minimum atomic E-state index is -3.33. The molecule has 0 aliphatic rings. The summed E-state index contributed by atoms with van der Waals surface area (Å²) in [4.78, 5) is 16.4. The molecule has 2 rings (SSSR count). The molecule has 0 aliphatic carbocycles. The van der Waals surface area contributed by atoms with E-state index >= 15 is 0 Å². The fraction of sp³-hybridized carbons (Fsp3) is 0.333. The van der Waals surface area contributed by atoms with Crippen LogP contribution in [-0.2, 0) is 16.4 Å². The lowest BCUT2D eigenvalue weighted by Crippen LogP contribution is -2.16. The Morgan fingerprint density at radius 2 is 2.12 bits per heavy atom. The predicted molar refractivity (Wildman–Crippen MR) is 97.1 cm³/mol. The molecule has 24 heavy (non-hydrogen) atoms. The molecule has 1 aromatic heterocycles. The summed E-state index contributed by atoms with van der Waals surface area (Å²) in [5, 5.41) is 5.27. The Morgan fingerprint density at radius 1 is 1.38 bits per heavy atom. The molecule has 9 heteroatoms. The fourth-order valence-electron chi connectivity index (χ4n) is 1.94. The Morgan fingerprint density at radius 3 is 2.75 bits per heavy atom. The Labute approximate surface area is 145 Å². The zero-order valence-electron chi connectivity index (χ0n) is 13.5. The first kappa shape index (κ1) is 18.4. The van der Waals surface area contributed by atoms with Gasteiger partial charge in [-0.15, -0.1) is 11.3 Å². The van der Waals surface area contributed by atoms with Gasteiger partial charge in [0.25, 0.3) is 5.91 Å². The van der Waals surface area contributed by atoms with Crippen molar-refractivity contribution in [2.75, 3.05) is 22.3 Å². The van der Waals surface area contributed by atoms with Crippen LogP contribution in [0.2, 0.25) is 0 Å². The molecule has 1 amide bonds. The van der Waals surface area contributed by atoms with Crippen LogP contribution < -0.4 is 15.8 Å². The average molecular weight is 368 g/mol. The smallest absolute Gasteiger partial charge is 0.275 e. The van der Waals surface area contributed by atoms with E-state index in [1.54, 1.807) is 37.4 Å². The first-order chi connectivity index (χ1) is 11.3. The van der Waals surface area contributed by atoms with E-state index in [-0.39, 0.29) is 11.7 Å². The molecule has 1 aromatic carbocycles. The second kappa shape index (κ2) is 7.73. The van der Waals surface area contributed by atoms with E-state index in [1.807, 2.05) is 0 Å². The van der Waals surface area contributed by atoms with Gasteiger partial charge in [-0.2, -0.15) is 0 Å². The highest BCUT2D eigenvalue weighted by Crippen LogP contribution is 2.21. The van der Waals surface area contributed by atoms with E-state index in [0.717, 1.165) is 5.01 Å². The Bertz CT molecular complexity index is 831. The molecule has 1 heterocycles. The second-order valence-electron chi connectivity index (χ2n) is 5.15. The van der Waals surface area contributed by atoms with Crippen LogP contribution in [0.15, 0.2) is 23.6 Å². The van der Waals surface area contributed by atoms with E-state index in [4.69, 9.17) is 5.73 Å². The number of carbonyl (C=O) groups excluding carboxylic acids is 1. The number of thiazole rings is 1. The summed E-state index contributed by atoms with van der Waals surface area (Å²) in [6.07, 6.45) is 0.642. The van der Waals surface area contributed by atoms with Crippen molar-refractivity contribution in [1.82, 2.24) is 4.98 Å². The average Bonchev–Trinajstić information content (AvgIpc) is 2.99. The first-order valence-electron chi connectivity index (χ1n) is 7.41. The summed E-state index contributed by atoms with van der Waals surface area (Å²) in [5.74, 6) is -0.310. The van der Waals surface area contributed by atoms with Crippen molar-refractivity contribution in [2.45, 2.75) is 20.3 Å². The highest BCUT2D eigenvalue weighted by atomic mass is 32.2. The molecule has 0 saturated carbocycles. The van der Waals surface area contributed by atoms with Gasteiger partial charge in [0.15, 0.2) is 0 Å². The fourth-order valence-corrected chi connectivity index (χ4v) is 3.45. The van der Waals surface area contributed by atoms with Gasteiger partial charge in [-0.05, 0) is 44.2 Å². The van der Waals surface area contributed by atoms with Crippen LogP contribution in [-0.4, -0.2) is 31.6 Å². The van der Waals surface area contributed by atoms with Crippen LogP contribution in [0.4, 0.5) is 11.4 Å². The van der Waals surface area contributed by atoms with Gasteiger partial charge in [-0.1, -0.05) is 0 Å². The number of aryl methyl sites for hydroxylation is 1. The Hall–Kier alpha value is -1.97. The molecule has 0 aliphatic heterocycles. The van der Waals surface area contributed by atoms with Crippen LogP contribution in [0.1, 0.15) is 28.0 Å². The molecule has 130 valence electrons. The maximum atomic E-state index is 12.2. The molecule has 0 radical (unpaired) electrons. The van der Waals surface area contributed by atoms with Gasteiger partial charge in [0.2, 0.25) is 10.0 Å². The third-order valence-electron chi connectivity index (χ3n) is 3.27. The van der Waals surface area contributed by atoms with Crippen LogP contribution in [0.3, 0.4) is 0 Å². The molecule has 0 spiro atoms. The van der Waals surface area contributed by atoms with Gasteiger partial charge in [-0.3, -0.25) is 9.52 Å². The molecular formula is C15H20N4O3S2. The molecule has 0 saturated heterocycles. The quantitative estimate of drug-likeness (QED) is 0.691. The van der Waals surface area contributed by atoms with Crippen molar-refractivity contribution in [3.63, 3.8) is 0 Å². The summed E-state index contributed by atoms with van der Waals surface area (Å²) in [5.41, 5.74) is 7.60.